The number of benzene rings is 11. The van der Waals surface area contributed by atoms with Crippen molar-refractivity contribution in [3.63, 3.8) is 0 Å². The molecule has 14 rings (SSSR count). The zero-order chi connectivity index (χ0) is 46.6. The van der Waals surface area contributed by atoms with Crippen LogP contribution in [0.4, 0.5) is 0 Å². The molecule has 12 aromatic rings. The van der Waals surface area contributed by atoms with Crippen molar-refractivity contribution in [1.29, 1.82) is 0 Å². The topological polar surface area (TPSA) is 38.7 Å². The van der Waals surface area contributed by atoms with Gasteiger partial charge in [0.15, 0.2) is 17.5 Å². The minimum absolute atomic E-state index is 0.222. The molecule has 328 valence electrons. The van der Waals surface area contributed by atoms with Gasteiger partial charge in [0.05, 0.1) is 5.41 Å². The van der Waals surface area contributed by atoms with Crippen molar-refractivity contribution in [1.82, 2.24) is 15.0 Å². The van der Waals surface area contributed by atoms with Gasteiger partial charge in [-0.15, -0.1) is 0 Å². The average Bonchev–Trinajstić information content (AvgIpc) is 3.73. The summed E-state index contributed by atoms with van der Waals surface area (Å²) in [5.41, 5.74) is 16.8. The zero-order valence-electron chi connectivity index (χ0n) is 38.9. The maximum absolute atomic E-state index is 5.44. The van der Waals surface area contributed by atoms with Crippen LogP contribution >= 0.6 is 0 Å². The van der Waals surface area contributed by atoms with Crippen molar-refractivity contribution in [2.45, 2.75) is 24.7 Å². The van der Waals surface area contributed by atoms with Gasteiger partial charge in [0.1, 0.15) is 0 Å². The van der Waals surface area contributed by atoms with Gasteiger partial charge in [0.2, 0.25) is 0 Å². The normalized spacial score (nSPS) is 13.8. The number of rotatable bonds is 5. The van der Waals surface area contributed by atoms with Gasteiger partial charge in [-0.2, -0.15) is 0 Å². The van der Waals surface area contributed by atoms with Crippen molar-refractivity contribution in [3.05, 3.63) is 270 Å². The van der Waals surface area contributed by atoms with Crippen LogP contribution in [0.1, 0.15) is 47.2 Å². The summed E-state index contributed by atoms with van der Waals surface area (Å²) in [6, 6.07) is 86.4. The number of hydrogen-bond acceptors (Lipinski definition) is 3. The Kier molecular flexibility index (Phi) is 8.84. The average molecular weight is 892 g/mol. The molecule has 0 unspecified atom stereocenters. The predicted octanol–water partition coefficient (Wildman–Crippen LogP) is 16.7. The second-order valence-corrected chi connectivity index (χ2v) is 19.4. The molecule has 1 heterocycles. The third-order valence-electron chi connectivity index (χ3n) is 15.4. The largest absolute Gasteiger partial charge is 0.208 e. The SMILES string of the molecule is CC1(C)c2ccccc2C2(c3ccc(-c4ccc5c6ccccc6c6ccccc6c5c4)cc3-c3c(-c4nc(-c5ccccc5)nc(-c5ccc(-c6ccccc6)cc5)n4)cccc32)c2ccccc21. The molecule has 0 saturated carbocycles. The van der Waals surface area contributed by atoms with Crippen LogP contribution < -0.4 is 0 Å². The number of aromatic nitrogens is 3. The van der Waals surface area contributed by atoms with Crippen LogP contribution in [0.3, 0.4) is 0 Å². The molecule has 1 spiro atoms. The maximum atomic E-state index is 5.44. The summed E-state index contributed by atoms with van der Waals surface area (Å²) >= 11 is 0. The summed E-state index contributed by atoms with van der Waals surface area (Å²) in [7, 11) is 0. The number of nitrogens with zero attached hydrogens (tertiary/aromatic N) is 3. The van der Waals surface area contributed by atoms with E-state index in [1.165, 1.54) is 82.4 Å². The first-order chi connectivity index (χ1) is 34.5. The lowest BCUT2D eigenvalue weighted by atomic mass is 9.55. The molecule has 0 aliphatic heterocycles. The minimum Gasteiger partial charge on any atom is -0.208 e. The molecular weight excluding hydrogens is 847 g/mol. The Morgan fingerprint density at radius 2 is 0.671 bits per heavy atom. The highest BCUT2D eigenvalue weighted by Crippen LogP contribution is 2.63. The molecule has 0 N–H and O–H groups in total. The van der Waals surface area contributed by atoms with Crippen LogP contribution in [0.25, 0.3) is 99.9 Å². The van der Waals surface area contributed by atoms with E-state index in [4.69, 9.17) is 15.0 Å². The van der Waals surface area contributed by atoms with E-state index in [1.54, 1.807) is 0 Å². The Labute approximate surface area is 407 Å². The van der Waals surface area contributed by atoms with E-state index in [1.807, 2.05) is 18.2 Å². The number of fused-ring (bicyclic) bond motifs is 15. The fourth-order valence-corrected chi connectivity index (χ4v) is 12.2. The van der Waals surface area contributed by atoms with Crippen LogP contribution in [-0.2, 0) is 10.8 Å². The molecule has 0 amide bonds. The summed E-state index contributed by atoms with van der Waals surface area (Å²) in [6.45, 7) is 4.76. The Balaban J connectivity index is 1.04. The molecule has 3 nitrogen and oxygen atoms in total. The second kappa shape index (κ2) is 15.4. The van der Waals surface area contributed by atoms with Gasteiger partial charge in [0.25, 0.3) is 0 Å². The highest BCUT2D eigenvalue weighted by molar-refractivity contribution is 6.25. The fraction of sp³-hybridized carbons (Fsp3) is 0.0597. The van der Waals surface area contributed by atoms with Crippen LogP contribution in [0, 0.1) is 0 Å². The molecule has 3 heteroatoms. The van der Waals surface area contributed by atoms with Crippen molar-refractivity contribution in [2.75, 3.05) is 0 Å². The van der Waals surface area contributed by atoms with Gasteiger partial charge in [-0.05, 0) is 111 Å². The molecule has 0 saturated heterocycles. The summed E-state index contributed by atoms with van der Waals surface area (Å²) in [6.07, 6.45) is 0. The van der Waals surface area contributed by atoms with E-state index in [9.17, 15) is 0 Å². The molecular formula is C67H45N3. The lowest BCUT2D eigenvalue weighted by molar-refractivity contribution is 0.563. The minimum atomic E-state index is -0.605. The highest BCUT2D eigenvalue weighted by atomic mass is 15.0. The molecule has 0 fully saturated rings. The highest BCUT2D eigenvalue weighted by Gasteiger charge is 2.54. The van der Waals surface area contributed by atoms with Crippen LogP contribution in [0.5, 0.6) is 0 Å². The molecule has 2 aliphatic rings. The third-order valence-corrected chi connectivity index (χ3v) is 15.4. The molecule has 11 aromatic carbocycles. The first kappa shape index (κ1) is 40.3. The van der Waals surface area contributed by atoms with E-state index >= 15 is 0 Å². The molecule has 0 atom stereocenters. The second-order valence-electron chi connectivity index (χ2n) is 19.4. The van der Waals surface area contributed by atoms with Gasteiger partial charge in [-0.3, -0.25) is 0 Å². The van der Waals surface area contributed by atoms with Gasteiger partial charge >= 0.3 is 0 Å². The van der Waals surface area contributed by atoms with E-state index in [-0.39, 0.29) is 5.41 Å². The summed E-state index contributed by atoms with van der Waals surface area (Å²) in [5, 5.41) is 7.60. The quantitative estimate of drug-likeness (QED) is 0.162. The molecule has 0 radical (unpaired) electrons. The Bertz CT molecular complexity index is 3990. The zero-order valence-corrected chi connectivity index (χ0v) is 38.9. The first-order valence-electron chi connectivity index (χ1n) is 24.3. The van der Waals surface area contributed by atoms with E-state index in [0.717, 1.165) is 33.4 Å². The van der Waals surface area contributed by atoms with Gasteiger partial charge in [-0.25, -0.2) is 15.0 Å². The first-order valence-corrected chi connectivity index (χ1v) is 24.3. The summed E-state index contributed by atoms with van der Waals surface area (Å²) in [4.78, 5) is 16.0. The van der Waals surface area contributed by atoms with Crippen molar-refractivity contribution >= 4 is 32.3 Å². The van der Waals surface area contributed by atoms with E-state index < -0.39 is 5.41 Å². The Hall–Kier alpha value is -8.79. The van der Waals surface area contributed by atoms with Crippen LogP contribution in [0.15, 0.2) is 237 Å². The third kappa shape index (κ3) is 5.85. The van der Waals surface area contributed by atoms with Crippen molar-refractivity contribution in [2.24, 2.45) is 0 Å². The number of hydrogen-bond donors (Lipinski definition) is 0. The van der Waals surface area contributed by atoms with Gasteiger partial charge in [-0.1, -0.05) is 238 Å². The standard InChI is InChI=1S/C67H45N3/c1-66(2)57-27-13-15-29-59(57)67(60-30-16-14-28-58(60)66)56-39-37-47(46-36-38-52-50-24-10-9-22-48(50)49-23-11-12-25-51(49)54(52)40-46)41-55(56)62-53(26-17-31-61(62)67)65-69-63(44-20-7-4-8-21-44)68-64(70-65)45-34-32-43(33-35-45)42-18-5-3-6-19-42/h3-41H,1-2H3. The molecule has 70 heavy (non-hydrogen) atoms. The lowest BCUT2D eigenvalue weighted by Gasteiger charge is -2.46. The van der Waals surface area contributed by atoms with Crippen molar-refractivity contribution in [3.8, 4) is 67.5 Å². The lowest BCUT2D eigenvalue weighted by Crippen LogP contribution is -2.40. The molecule has 1 aromatic heterocycles. The molecule has 2 aliphatic carbocycles. The fourth-order valence-electron chi connectivity index (χ4n) is 12.2. The molecule has 0 bridgehead atoms. The Morgan fingerprint density at radius 1 is 0.257 bits per heavy atom. The van der Waals surface area contributed by atoms with Gasteiger partial charge in [0, 0.05) is 22.1 Å². The smallest absolute Gasteiger partial charge is 0.164 e. The van der Waals surface area contributed by atoms with Crippen molar-refractivity contribution < 1.29 is 0 Å². The van der Waals surface area contributed by atoms with E-state index in [2.05, 4.69) is 232 Å². The monoisotopic (exact) mass is 891 g/mol. The van der Waals surface area contributed by atoms with Gasteiger partial charge < -0.3 is 0 Å². The van der Waals surface area contributed by atoms with E-state index in [0.29, 0.717) is 17.5 Å². The Morgan fingerprint density at radius 3 is 1.29 bits per heavy atom. The predicted molar refractivity (Wildman–Crippen MR) is 289 cm³/mol. The summed E-state index contributed by atoms with van der Waals surface area (Å²) in [5.74, 6) is 1.91. The van der Waals surface area contributed by atoms with Crippen LogP contribution in [0.2, 0.25) is 0 Å². The van der Waals surface area contributed by atoms with Crippen LogP contribution in [-0.4, -0.2) is 15.0 Å². The summed E-state index contributed by atoms with van der Waals surface area (Å²) < 4.78 is 0. The maximum Gasteiger partial charge on any atom is 0.164 e.